The first kappa shape index (κ1) is 22.7. The third-order valence-electron chi connectivity index (χ3n) is 6.89. The van der Waals surface area contributed by atoms with Crippen LogP contribution in [0, 0.1) is 0 Å². The van der Waals surface area contributed by atoms with Gasteiger partial charge in [0.05, 0.1) is 0 Å². The van der Waals surface area contributed by atoms with Crippen molar-refractivity contribution in [2.24, 2.45) is 0 Å². The van der Waals surface area contributed by atoms with Gasteiger partial charge >= 0.3 is 0 Å². The quantitative estimate of drug-likeness (QED) is 0.235. The maximum atomic E-state index is 9.55. The highest BCUT2D eigenvalue weighted by Gasteiger charge is 2.28. The van der Waals surface area contributed by atoms with E-state index in [4.69, 9.17) is 0 Å². The first-order valence-corrected chi connectivity index (χ1v) is 12.1. The summed E-state index contributed by atoms with van der Waals surface area (Å²) in [6, 6.07) is 34.0. The van der Waals surface area contributed by atoms with Crippen LogP contribution in [-0.4, -0.2) is 5.11 Å². The average Bonchev–Trinajstić information content (AvgIpc) is 2.88. The van der Waals surface area contributed by atoms with E-state index in [-0.39, 0.29) is 11.2 Å². The summed E-state index contributed by atoms with van der Waals surface area (Å²) in [6.07, 6.45) is 7.68. The first-order valence-electron chi connectivity index (χ1n) is 12.1. The molecule has 0 amide bonds. The highest BCUT2D eigenvalue weighted by Crippen LogP contribution is 2.42. The summed E-state index contributed by atoms with van der Waals surface area (Å²) in [4.78, 5) is 0. The SMILES string of the molecule is C=C(O)c1ccc(/C=C/c2ccc3c(c2)C(c2ccc(-c4ccccc4)cc2)=CCC3(C)C)cc1. The van der Waals surface area contributed by atoms with Crippen molar-refractivity contribution in [2.45, 2.75) is 25.7 Å². The molecule has 1 heteroatoms. The molecule has 0 spiro atoms. The Morgan fingerprint density at radius 3 is 2.03 bits per heavy atom. The van der Waals surface area contributed by atoms with Crippen molar-refractivity contribution in [2.75, 3.05) is 0 Å². The lowest BCUT2D eigenvalue weighted by atomic mass is 9.72. The Hall–Kier alpha value is -4.10. The molecule has 4 aromatic carbocycles. The normalized spacial score (nSPS) is 14.4. The van der Waals surface area contributed by atoms with E-state index in [1.54, 1.807) is 0 Å². The summed E-state index contributed by atoms with van der Waals surface area (Å²) < 4.78 is 0. The monoisotopic (exact) mass is 454 g/mol. The molecule has 0 saturated heterocycles. The van der Waals surface area contributed by atoms with Crippen LogP contribution in [0.3, 0.4) is 0 Å². The van der Waals surface area contributed by atoms with Crippen molar-refractivity contribution in [3.8, 4) is 11.1 Å². The van der Waals surface area contributed by atoms with Gasteiger partial charge in [-0.3, -0.25) is 0 Å². The molecular formula is C34H30O. The number of fused-ring (bicyclic) bond motifs is 1. The fourth-order valence-corrected chi connectivity index (χ4v) is 4.78. The zero-order valence-electron chi connectivity index (χ0n) is 20.3. The Balaban J connectivity index is 1.47. The predicted octanol–water partition coefficient (Wildman–Crippen LogP) is 9.17. The van der Waals surface area contributed by atoms with Crippen LogP contribution >= 0.6 is 0 Å². The lowest BCUT2D eigenvalue weighted by Crippen LogP contribution is -2.21. The lowest BCUT2D eigenvalue weighted by molar-refractivity contribution is 0.514. The van der Waals surface area contributed by atoms with Gasteiger partial charge in [-0.05, 0) is 62.4 Å². The third kappa shape index (κ3) is 4.76. The van der Waals surface area contributed by atoms with Gasteiger partial charge in [0.15, 0.2) is 0 Å². The standard InChI is InChI=1S/C34H30O/c1-24(35)27-14-11-25(12-15-27)9-10-26-13-20-33-32(23-26)31(21-22-34(33,2)3)30-18-16-29(17-19-30)28-7-5-4-6-8-28/h4-21,23,35H,1,22H2,2-3H3/b10-9+. The van der Waals surface area contributed by atoms with Crippen LogP contribution < -0.4 is 0 Å². The topological polar surface area (TPSA) is 20.2 Å². The largest absolute Gasteiger partial charge is 0.508 e. The molecule has 1 aliphatic carbocycles. The van der Waals surface area contributed by atoms with E-state index in [1.807, 2.05) is 24.3 Å². The van der Waals surface area contributed by atoms with Gasteiger partial charge in [0.2, 0.25) is 0 Å². The Kier molecular flexibility index (Phi) is 6.01. The first-order chi connectivity index (χ1) is 16.9. The molecule has 1 N–H and O–H groups in total. The van der Waals surface area contributed by atoms with Crippen LogP contribution in [0.25, 0.3) is 34.6 Å². The van der Waals surface area contributed by atoms with E-state index in [2.05, 4.69) is 111 Å². The van der Waals surface area contributed by atoms with Crippen LogP contribution in [0.4, 0.5) is 0 Å². The van der Waals surface area contributed by atoms with Gasteiger partial charge in [0.25, 0.3) is 0 Å². The molecule has 0 fully saturated rings. The maximum Gasteiger partial charge on any atom is 0.115 e. The number of hydrogen-bond donors (Lipinski definition) is 1. The third-order valence-corrected chi connectivity index (χ3v) is 6.89. The van der Waals surface area contributed by atoms with Crippen molar-refractivity contribution in [1.82, 2.24) is 0 Å². The van der Waals surface area contributed by atoms with Crippen LogP contribution in [0.15, 0.2) is 110 Å². The molecule has 4 aromatic rings. The average molecular weight is 455 g/mol. The second-order valence-electron chi connectivity index (χ2n) is 9.86. The molecule has 0 unspecified atom stereocenters. The molecule has 0 atom stereocenters. The van der Waals surface area contributed by atoms with Crippen LogP contribution in [-0.2, 0) is 5.41 Å². The molecule has 0 heterocycles. The highest BCUT2D eigenvalue weighted by molar-refractivity contribution is 5.86. The Bertz CT molecular complexity index is 1420. The molecule has 0 radical (unpaired) electrons. The zero-order valence-corrected chi connectivity index (χ0v) is 20.3. The Morgan fingerprint density at radius 2 is 1.34 bits per heavy atom. The minimum Gasteiger partial charge on any atom is -0.508 e. The predicted molar refractivity (Wildman–Crippen MR) is 150 cm³/mol. The minimum absolute atomic E-state index is 0.0916. The van der Waals surface area contributed by atoms with E-state index in [1.165, 1.54) is 39.0 Å². The second-order valence-corrected chi connectivity index (χ2v) is 9.86. The molecule has 0 aromatic heterocycles. The van der Waals surface area contributed by atoms with E-state index >= 15 is 0 Å². The summed E-state index contributed by atoms with van der Waals surface area (Å²) in [6.45, 7) is 8.23. The number of aliphatic hydroxyl groups excluding tert-OH is 1. The molecule has 35 heavy (non-hydrogen) atoms. The number of benzene rings is 4. The number of hydrogen-bond acceptors (Lipinski definition) is 1. The fourth-order valence-electron chi connectivity index (χ4n) is 4.78. The second kappa shape index (κ2) is 9.27. The lowest BCUT2D eigenvalue weighted by Gasteiger charge is -2.32. The van der Waals surface area contributed by atoms with Crippen molar-refractivity contribution in [3.63, 3.8) is 0 Å². The molecule has 0 aliphatic heterocycles. The summed E-state index contributed by atoms with van der Waals surface area (Å²) in [5, 5.41) is 9.55. The summed E-state index contributed by atoms with van der Waals surface area (Å²) >= 11 is 0. The molecule has 1 aliphatic rings. The van der Waals surface area contributed by atoms with Gasteiger partial charge in [0.1, 0.15) is 5.76 Å². The van der Waals surface area contributed by atoms with Crippen molar-refractivity contribution in [3.05, 3.63) is 143 Å². The van der Waals surface area contributed by atoms with Gasteiger partial charge in [-0.15, -0.1) is 0 Å². The zero-order chi connectivity index (χ0) is 24.4. The maximum absolute atomic E-state index is 9.55. The van der Waals surface area contributed by atoms with Gasteiger partial charge in [0, 0.05) is 5.56 Å². The van der Waals surface area contributed by atoms with Crippen molar-refractivity contribution < 1.29 is 5.11 Å². The Morgan fingerprint density at radius 1 is 0.743 bits per heavy atom. The van der Waals surface area contributed by atoms with Crippen molar-refractivity contribution in [1.29, 1.82) is 0 Å². The highest BCUT2D eigenvalue weighted by atomic mass is 16.3. The minimum atomic E-state index is 0.0916. The van der Waals surface area contributed by atoms with Gasteiger partial charge in [-0.2, -0.15) is 0 Å². The Labute approximate surface area is 208 Å². The molecule has 0 saturated carbocycles. The number of rotatable bonds is 5. The number of aliphatic hydroxyl groups is 1. The summed E-state index contributed by atoms with van der Waals surface area (Å²) in [5.41, 5.74) is 10.8. The van der Waals surface area contributed by atoms with Crippen LogP contribution in [0.5, 0.6) is 0 Å². The summed E-state index contributed by atoms with van der Waals surface area (Å²) in [7, 11) is 0. The molecule has 0 bridgehead atoms. The van der Waals surface area contributed by atoms with Gasteiger partial charge < -0.3 is 5.11 Å². The molecular weight excluding hydrogens is 424 g/mol. The van der Waals surface area contributed by atoms with E-state index in [9.17, 15) is 5.11 Å². The van der Waals surface area contributed by atoms with E-state index < -0.39 is 0 Å². The number of allylic oxidation sites excluding steroid dienone is 1. The van der Waals surface area contributed by atoms with Crippen LogP contribution in [0.1, 0.15) is 53.6 Å². The smallest absolute Gasteiger partial charge is 0.115 e. The van der Waals surface area contributed by atoms with Gasteiger partial charge in [-0.25, -0.2) is 0 Å². The fraction of sp³-hybridized carbons (Fsp3) is 0.118. The summed E-state index contributed by atoms with van der Waals surface area (Å²) in [5.74, 6) is 0.0916. The molecule has 5 rings (SSSR count). The van der Waals surface area contributed by atoms with E-state index in [0.717, 1.165) is 17.5 Å². The van der Waals surface area contributed by atoms with Crippen LogP contribution in [0.2, 0.25) is 0 Å². The molecule has 172 valence electrons. The molecule has 1 nitrogen and oxygen atoms in total. The van der Waals surface area contributed by atoms with Gasteiger partial charge in [-0.1, -0.05) is 130 Å². The van der Waals surface area contributed by atoms with Crippen molar-refractivity contribution >= 4 is 23.5 Å². The van der Waals surface area contributed by atoms with E-state index in [0.29, 0.717) is 0 Å².